The summed E-state index contributed by atoms with van der Waals surface area (Å²) in [5, 5.41) is 0. The van der Waals surface area contributed by atoms with E-state index in [2.05, 4.69) is 17.1 Å². The van der Waals surface area contributed by atoms with Gasteiger partial charge in [-0.1, -0.05) is 25.3 Å². The topological polar surface area (TPSA) is 12.9 Å². The van der Waals surface area contributed by atoms with Crippen LogP contribution in [0.1, 0.15) is 31.4 Å². The molecule has 1 aromatic rings. The summed E-state index contributed by atoms with van der Waals surface area (Å²) >= 11 is 0. The third kappa shape index (κ3) is 2.33. The Bertz CT molecular complexity index is 226. The van der Waals surface area contributed by atoms with Gasteiger partial charge in [-0.3, -0.25) is 4.98 Å². The predicted octanol–water partition coefficient (Wildman–Crippen LogP) is 2.81. The summed E-state index contributed by atoms with van der Waals surface area (Å²) in [6.45, 7) is 0. The Morgan fingerprint density at radius 1 is 1.33 bits per heavy atom. The molecule has 1 saturated carbocycles. The molecule has 1 aliphatic rings. The van der Waals surface area contributed by atoms with E-state index in [9.17, 15) is 0 Å². The van der Waals surface area contributed by atoms with Crippen LogP contribution in [-0.4, -0.2) is 4.98 Å². The maximum atomic E-state index is 4.30. The normalized spacial score (nSPS) is 16.3. The quantitative estimate of drug-likeness (QED) is 0.661. The van der Waals surface area contributed by atoms with Crippen molar-refractivity contribution in [2.45, 2.75) is 32.1 Å². The van der Waals surface area contributed by atoms with Crippen molar-refractivity contribution in [2.75, 3.05) is 0 Å². The Labute approximate surface area is 73.8 Å². The van der Waals surface area contributed by atoms with Crippen LogP contribution in [0.15, 0.2) is 24.4 Å². The van der Waals surface area contributed by atoms with Crippen LogP contribution in [0.3, 0.4) is 0 Å². The van der Waals surface area contributed by atoms with E-state index in [0.29, 0.717) is 0 Å². The number of nitrogens with zero attached hydrogens (tertiary/aromatic N) is 1. The lowest BCUT2D eigenvalue weighted by atomic mass is 10.1. The van der Waals surface area contributed by atoms with Gasteiger partial charge in [0.05, 0.1) is 0 Å². The highest BCUT2D eigenvalue weighted by molar-refractivity contribution is 5.03. The Hall–Kier alpha value is -0.850. The minimum Gasteiger partial charge on any atom is -0.261 e. The molecule has 0 aromatic carbocycles. The fourth-order valence-corrected chi connectivity index (χ4v) is 1.52. The van der Waals surface area contributed by atoms with Gasteiger partial charge in [-0.25, -0.2) is 0 Å². The summed E-state index contributed by atoms with van der Waals surface area (Å²) in [6, 6.07) is 6.16. The minimum atomic E-state index is 1.06. The smallest absolute Gasteiger partial charge is 0.0403 e. The summed E-state index contributed by atoms with van der Waals surface area (Å²) in [4.78, 5) is 4.30. The van der Waals surface area contributed by atoms with Crippen LogP contribution >= 0.6 is 0 Å². The molecule has 0 unspecified atom stereocenters. The van der Waals surface area contributed by atoms with E-state index in [1.54, 1.807) is 0 Å². The van der Waals surface area contributed by atoms with Crippen molar-refractivity contribution < 1.29 is 0 Å². The van der Waals surface area contributed by atoms with Gasteiger partial charge in [0.1, 0.15) is 0 Å². The van der Waals surface area contributed by atoms with Crippen LogP contribution in [0.5, 0.6) is 0 Å². The zero-order valence-corrected chi connectivity index (χ0v) is 7.37. The molecule has 0 aliphatic heterocycles. The van der Waals surface area contributed by atoms with Crippen molar-refractivity contribution in [3.8, 4) is 0 Å². The average Bonchev–Trinajstić information content (AvgIpc) is 2.90. The van der Waals surface area contributed by atoms with Crippen LogP contribution in [0.4, 0.5) is 0 Å². The van der Waals surface area contributed by atoms with Gasteiger partial charge in [-0.05, 0) is 30.9 Å². The molecular weight excluding hydrogens is 146 g/mol. The standard InChI is InChI=1S/C11H15N/c1-2-9-12-11(5-1)6-3-4-10-7-8-10/h1-2,5,9-10H,3-4,6-8H2. The first-order chi connectivity index (χ1) is 5.95. The molecule has 0 spiro atoms. The average molecular weight is 161 g/mol. The zero-order valence-electron chi connectivity index (χ0n) is 7.37. The van der Waals surface area contributed by atoms with E-state index in [4.69, 9.17) is 0 Å². The van der Waals surface area contributed by atoms with E-state index >= 15 is 0 Å². The van der Waals surface area contributed by atoms with Crippen LogP contribution in [0.2, 0.25) is 0 Å². The van der Waals surface area contributed by atoms with Crippen LogP contribution in [-0.2, 0) is 6.42 Å². The lowest BCUT2D eigenvalue weighted by Gasteiger charge is -1.98. The van der Waals surface area contributed by atoms with Crippen molar-refractivity contribution in [3.63, 3.8) is 0 Å². The Kier molecular flexibility index (Phi) is 2.40. The lowest BCUT2D eigenvalue weighted by molar-refractivity contribution is 0.659. The second-order valence-electron chi connectivity index (χ2n) is 3.66. The van der Waals surface area contributed by atoms with Crippen molar-refractivity contribution in [1.82, 2.24) is 4.98 Å². The molecule has 1 nitrogen and oxygen atoms in total. The second kappa shape index (κ2) is 3.70. The minimum absolute atomic E-state index is 1.06. The molecule has 1 heteroatoms. The highest BCUT2D eigenvalue weighted by atomic mass is 14.7. The Morgan fingerprint density at radius 3 is 2.92 bits per heavy atom. The number of hydrogen-bond donors (Lipinski definition) is 0. The lowest BCUT2D eigenvalue weighted by Crippen LogP contribution is -1.89. The first-order valence-corrected chi connectivity index (χ1v) is 4.85. The maximum absolute atomic E-state index is 4.30. The van der Waals surface area contributed by atoms with Crippen LogP contribution < -0.4 is 0 Å². The van der Waals surface area contributed by atoms with Gasteiger partial charge in [0.15, 0.2) is 0 Å². The predicted molar refractivity (Wildman–Crippen MR) is 49.9 cm³/mol. The monoisotopic (exact) mass is 161 g/mol. The van der Waals surface area contributed by atoms with Crippen molar-refractivity contribution in [2.24, 2.45) is 5.92 Å². The number of aromatic nitrogens is 1. The zero-order chi connectivity index (χ0) is 8.23. The van der Waals surface area contributed by atoms with Crippen LogP contribution in [0, 0.1) is 5.92 Å². The molecule has 1 aliphatic carbocycles. The van der Waals surface area contributed by atoms with E-state index in [0.717, 1.165) is 12.3 Å². The molecule has 0 bridgehead atoms. The third-order valence-electron chi connectivity index (χ3n) is 2.47. The summed E-state index contributed by atoms with van der Waals surface area (Å²) < 4.78 is 0. The van der Waals surface area contributed by atoms with Gasteiger partial charge in [0.25, 0.3) is 0 Å². The van der Waals surface area contributed by atoms with Crippen molar-refractivity contribution in [3.05, 3.63) is 30.1 Å². The molecule has 12 heavy (non-hydrogen) atoms. The fraction of sp³-hybridized carbons (Fsp3) is 0.545. The second-order valence-corrected chi connectivity index (χ2v) is 3.66. The molecule has 64 valence electrons. The Balaban J connectivity index is 1.72. The molecule has 2 rings (SSSR count). The first-order valence-electron chi connectivity index (χ1n) is 4.85. The molecule has 0 atom stereocenters. The van der Waals surface area contributed by atoms with Crippen molar-refractivity contribution >= 4 is 0 Å². The van der Waals surface area contributed by atoms with Gasteiger partial charge < -0.3 is 0 Å². The van der Waals surface area contributed by atoms with Gasteiger partial charge in [-0.15, -0.1) is 0 Å². The maximum Gasteiger partial charge on any atom is 0.0403 e. The number of rotatable bonds is 4. The highest BCUT2D eigenvalue weighted by Crippen LogP contribution is 2.33. The van der Waals surface area contributed by atoms with E-state index in [1.165, 1.54) is 31.4 Å². The van der Waals surface area contributed by atoms with Crippen molar-refractivity contribution in [1.29, 1.82) is 0 Å². The Morgan fingerprint density at radius 2 is 2.25 bits per heavy atom. The largest absolute Gasteiger partial charge is 0.261 e. The number of pyridine rings is 1. The van der Waals surface area contributed by atoms with Gasteiger partial charge in [0, 0.05) is 11.9 Å². The molecule has 0 radical (unpaired) electrons. The van der Waals surface area contributed by atoms with Crippen LogP contribution in [0.25, 0.3) is 0 Å². The SMILES string of the molecule is c1ccc(CCCC2CC2)nc1. The molecule has 1 fully saturated rings. The molecule has 0 N–H and O–H groups in total. The summed E-state index contributed by atoms with van der Waals surface area (Å²) in [7, 11) is 0. The molecule has 0 amide bonds. The molecule has 1 aromatic heterocycles. The molecule has 1 heterocycles. The van der Waals surface area contributed by atoms with Gasteiger partial charge in [0.2, 0.25) is 0 Å². The van der Waals surface area contributed by atoms with Gasteiger partial charge in [-0.2, -0.15) is 0 Å². The molecular formula is C11H15N. The third-order valence-corrected chi connectivity index (χ3v) is 2.47. The summed E-state index contributed by atoms with van der Waals surface area (Å²) in [6.07, 6.45) is 8.73. The fourth-order valence-electron chi connectivity index (χ4n) is 1.52. The number of hydrogen-bond acceptors (Lipinski definition) is 1. The highest BCUT2D eigenvalue weighted by Gasteiger charge is 2.19. The summed E-state index contributed by atoms with van der Waals surface area (Å²) in [5.41, 5.74) is 1.25. The number of aryl methyl sites for hydroxylation is 1. The summed E-state index contributed by atoms with van der Waals surface area (Å²) in [5.74, 6) is 1.06. The molecule has 0 saturated heterocycles. The first kappa shape index (κ1) is 7.78. The van der Waals surface area contributed by atoms with E-state index in [1.807, 2.05) is 12.3 Å². The van der Waals surface area contributed by atoms with Gasteiger partial charge >= 0.3 is 0 Å². The van der Waals surface area contributed by atoms with E-state index < -0.39 is 0 Å². The van der Waals surface area contributed by atoms with E-state index in [-0.39, 0.29) is 0 Å².